The summed E-state index contributed by atoms with van der Waals surface area (Å²) >= 11 is 0. The number of carbonyl (C=O) groups excluding carboxylic acids is 3. The molecular formula is C36H44Cl2N4O6. The van der Waals surface area contributed by atoms with E-state index in [0.29, 0.717) is 28.8 Å². The number of aliphatic hydroxyl groups excluding tert-OH is 1. The number of halogens is 2. The highest BCUT2D eigenvalue weighted by atomic mass is 35.5. The number of aliphatic hydroxyl groups is 1. The van der Waals surface area contributed by atoms with Gasteiger partial charge in [-0.15, -0.1) is 0 Å². The van der Waals surface area contributed by atoms with Crippen LogP contribution in [0.4, 0.5) is 0 Å². The zero-order valence-electron chi connectivity index (χ0n) is 28.1. The molecular weight excluding hydrogens is 655 g/mol. The van der Waals surface area contributed by atoms with Crippen molar-refractivity contribution in [3.8, 4) is 11.1 Å². The number of nitrogens with one attached hydrogen (secondary N) is 1. The molecule has 258 valence electrons. The number of piperazine rings is 3. The molecule has 0 aromatic heterocycles. The van der Waals surface area contributed by atoms with Crippen molar-refractivity contribution < 1.29 is 63.2 Å². The number of rotatable bonds is 7. The summed E-state index contributed by atoms with van der Waals surface area (Å²) < 4.78 is 1.83. The number of hydrogen-bond donors (Lipinski definition) is 3. The van der Waals surface area contributed by atoms with Crippen LogP contribution in [-0.4, -0.2) is 111 Å². The van der Waals surface area contributed by atoms with E-state index >= 15 is 0 Å². The Kier molecular flexibility index (Phi) is 9.19. The average molecular weight is 700 g/mol. The summed E-state index contributed by atoms with van der Waals surface area (Å²) in [5.74, 6) is -2.36. The van der Waals surface area contributed by atoms with E-state index in [2.05, 4.69) is 11.4 Å². The van der Waals surface area contributed by atoms with E-state index in [0.717, 1.165) is 71.5 Å². The Morgan fingerprint density at radius 3 is 2.10 bits per heavy atom. The lowest BCUT2D eigenvalue weighted by Crippen LogP contribution is -3.00. The van der Waals surface area contributed by atoms with Gasteiger partial charge in [-0.3, -0.25) is 14.4 Å². The third-order valence-electron chi connectivity index (χ3n) is 11.2. The molecule has 10 nitrogen and oxygen atoms in total. The molecule has 0 unspecified atom stereocenters. The lowest BCUT2D eigenvalue weighted by atomic mass is 9.76. The number of hydrogen-bond acceptors (Lipinski definition) is 5. The molecule has 5 heterocycles. The van der Waals surface area contributed by atoms with Gasteiger partial charge in [0.05, 0.1) is 18.1 Å². The number of benzene rings is 2. The van der Waals surface area contributed by atoms with Crippen LogP contribution in [-0.2, 0) is 20.9 Å². The summed E-state index contributed by atoms with van der Waals surface area (Å²) in [4.78, 5) is 53.0. The highest BCUT2D eigenvalue weighted by Gasteiger charge is 2.60. The van der Waals surface area contributed by atoms with Gasteiger partial charge in [-0.05, 0) is 68.2 Å². The van der Waals surface area contributed by atoms with E-state index in [-0.39, 0.29) is 59.6 Å². The maximum absolute atomic E-state index is 13.6. The number of β-lactam (4-membered cyclic amide) rings is 1. The van der Waals surface area contributed by atoms with E-state index < -0.39 is 24.0 Å². The molecule has 48 heavy (non-hydrogen) atoms. The number of carboxylic acid groups (broad SMARTS) is 1. The summed E-state index contributed by atoms with van der Waals surface area (Å²) in [7, 11) is 0. The van der Waals surface area contributed by atoms with Gasteiger partial charge in [-0.2, -0.15) is 0 Å². The molecule has 0 radical (unpaired) electrons. The topological polar surface area (TPSA) is 124 Å². The molecule has 0 spiro atoms. The molecule has 2 amide bonds. The van der Waals surface area contributed by atoms with Crippen LogP contribution in [0.25, 0.3) is 16.7 Å². The first-order valence-corrected chi connectivity index (χ1v) is 16.4. The van der Waals surface area contributed by atoms with Crippen molar-refractivity contribution in [1.82, 2.24) is 10.2 Å². The first-order valence-electron chi connectivity index (χ1n) is 16.4. The van der Waals surface area contributed by atoms with Gasteiger partial charge >= 0.3 is 5.97 Å². The summed E-state index contributed by atoms with van der Waals surface area (Å²) in [6.07, 6.45) is -0.869. The standard InChI is InChI=1S/C36H42N4O6.2ClH/c1-20-29(32(35(45)46)38-31(20)30(21(2)41)34(38)44)23-7-9-25-26(17-23)24-8-6-22(16-27(24)33(25)43)18-39-10-13-40(14-11-39,15-12-39)19-28(42)37-36(3,4)5;;/h6-9,16-17,20-21,30-31,41H,10-15,18-19H2,1-5H3;2*1H/t20-,21+,30+,31+,39?,40?;;/m0../s1. The smallest absolute Gasteiger partial charge is 0.352 e. The van der Waals surface area contributed by atoms with E-state index in [1.807, 2.05) is 45.9 Å². The second-order valence-corrected chi connectivity index (χ2v) is 15.4. The minimum Gasteiger partial charge on any atom is -1.00 e. The number of ketones is 1. The number of carboxylic acids is 1. The SMILES string of the molecule is C[C@@H](O)[C@H]1C(=O)N2C(C(=O)O)=C(c3ccc4c(c3)-c3ccc(C[N+]56CC[N+](CC(=O)NC(C)(C)C)(CC5)CC6)cc3C4=O)[C@H](C)[C@H]12.[Cl-].[Cl-]. The molecule has 4 atom stereocenters. The van der Waals surface area contributed by atoms with E-state index in [4.69, 9.17) is 0 Å². The normalized spacial score (nSPS) is 28.9. The van der Waals surface area contributed by atoms with Crippen LogP contribution in [0.2, 0.25) is 0 Å². The second kappa shape index (κ2) is 12.2. The minimum absolute atomic E-state index is 0. The summed E-state index contributed by atoms with van der Waals surface area (Å²) in [5, 5.41) is 23.5. The fourth-order valence-corrected chi connectivity index (χ4v) is 8.91. The average Bonchev–Trinajstić information content (AvgIpc) is 3.40. The van der Waals surface area contributed by atoms with Crippen molar-refractivity contribution in [2.45, 2.75) is 58.8 Å². The quantitative estimate of drug-likeness (QED) is 0.175. The van der Waals surface area contributed by atoms with Gasteiger partial charge in [0.1, 0.15) is 51.5 Å². The minimum atomic E-state index is -1.17. The molecule has 6 aliphatic rings. The lowest BCUT2D eigenvalue weighted by molar-refractivity contribution is -1.08. The van der Waals surface area contributed by atoms with Crippen LogP contribution < -0.4 is 30.1 Å². The lowest BCUT2D eigenvalue weighted by Gasteiger charge is -2.55. The van der Waals surface area contributed by atoms with Crippen molar-refractivity contribution in [1.29, 1.82) is 0 Å². The highest BCUT2D eigenvalue weighted by Crippen LogP contribution is 2.51. The monoisotopic (exact) mass is 698 g/mol. The molecule has 4 saturated heterocycles. The van der Waals surface area contributed by atoms with Gasteiger partial charge in [0.2, 0.25) is 5.91 Å². The molecule has 4 fully saturated rings. The Morgan fingerprint density at radius 1 is 0.917 bits per heavy atom. The van der Waals surface area contributed by atoms with Gasteiger partial charge in [-0.25, -0.2) is 4.79 Å². The summed E-state index contributed by atoms with van der Waals surface area (Å²) in [6, 6.07) is 11.2. The van der Waals surface area contributed by atoms with Gasteiger partial charge in [0, 0.05) is 28.1 Å². The van der Waals surface area contributed by atoms with Gasteiger partial charge in [-0.1, -0.05) is 25.1 Å². The maximum Gasteiger partial charge on any atom is 0.352 e. The van der Waals surface area contributed by atoms with Crippen LogP contribution in [0, 0.1) is 11.8 Å². The third-order valence-corrected chi connectivity index (χ3v) is 11.2. The highest BCUT2D eigenvalue weighted by molar-refractivity contribution is 6.22. The van der Waals surface area contributed by atoms with Gasteiger partial charge < -0.3 is 54.2 Å². The van der Waals surface area contributed by atoms with Gasteiger partial charge in [0.15, 0.2) is 12.3 Å². The largest absolute Gasteiger partial charge is 1.00 e. The number of aliphatic carboxylic acids is 1. The van der Waals surface area contributed by atoms with Crippen molar-refractivity contribution in [2.24, 2.45) is 11.8 Å². The summed E-state index contributed by atoms with van der Waals surface area (Å²) in [5.41, 5.74) is 4.98. The zero-order chi connectivity index (χ0) is 32.9. The zero-order valence-corrected chi connectivity index (χ0v) is 29.6. The number of carbonyl (C=O) groups is 4. The predicted octanol–water partition coefficient (Wildman–Crippen LogP) is -3.37. The number of nitrogens with zero attached hydrogens (tertiary/aromatic N) is 3. The molecule has 8 rings (SSSR count). The van der Waals surface area contributed by atoms with Crippen molar-refractivity contribution in [2.75, 3.05) is 45.8 Å². The van der Waals surface area contributed by atoms with Crippen LogP contribution in [0.5, 0.6) is 0 Å². The van der Waals surface area contributed by atoms with E-state index in [1.165, 1.54) is 4.90 Å². The molecule has 2 bridgehead atoms. The van der Waals surface area contributed by atoms with Crippen molar-refractivity contribution in [3.05, 3.63) is 64.3 Å². The Morgan fingerprint density at radius 2 is 1.52 bits per heavy atom. The second-order valence-electron chi connectivity index (χ2n) is 15.4. The molecule has 2 aromatic rings. The van der Waals surface area contributed by atoms with Crippen LogP contribution in [0.3, 0.4) is 0 Å². The Hall–Kier alpha value is -3.28. The number of amides is 2. The Bertz CT molecular complexity index is 1720. The summed E-state index contributed by atoms with van der Waals surface area (Å²) in [6.45, 7) is 16.8. The van der Waals surface area contributed by atoms with Crippen molar-refractivity contribution in [3.63, 3.8) is 0 Å². The Balaban J connectivity index is 0.00000225. The molecule has 0 saturated carbocycles. The van der Waals surface area contributed by atoms with E-state index in [1.54, 1.807) is 19.1 Å². The molecule has 3 N–H and O–H groups in total. The first kappa shape index (κ1) is 36.0. The fourth-order valence-electron chi connectivity index (χ4n) is 8.91. The maximum atomic E-state index is 13.6. The van der Waals surface area contributed by atoms with E-state index in [9.17, 15) is 29.4 Å². The molecule has 12 heteroatoms. The molecule has 1 aliphatic carbocycles. The number of quaternary nitrogens is 2. The third kappa shape index (κ3) is 5.65. The first-order chi connectivity index (χ1) is 21.6. The number of fused-ring (bicyclic) bond motifs is 7. The van der Waals surface area contributed by atoms with Crippen LogP contribution in [0.15, 0.2) is 42.1 Å². The van der Waals surface area contributed by atoms with Crippen molar-refractivity contribution >= 4 is 29.1 Å². The fraction of sp³-hybridized carbons (Fsp3) is 0.500. The van der Waals surface area contributed by atoms with Crippen LogP contribution >= 0.6 is 0 Å². The van der Waals surface area contributed by atoms with Gasteiger partial charge in [0.25, 0.3) is 5.91 Å². The molecule has 5 aliphatic heterocycles. The molecule has 2 aromatic carbocycles. The predicted molar refractivity (Wildman–Crippen MR) is 171 cm³/mol. The van der Waals surface area contributed by atoms with Crippen LogP contribution in [0.1, 0.15) is 61.7 Å². The Labute approximate surface area is 293 Å².